The largest absolute Gasteiger partial charge is 0.452 e. The standard InChI is InChI=1S/C20H23N3O4/c1-3-9-22(10-4-2)18(24)13-27-20(26)14-7-8-16-15(12-14)21-19(25)17-6-5-11-23(16)17/h3-4,7-8,12,17H,1-2,5-6,9-11,13H2,(H,21,25)/t17-/m1/s1. The van der Waals surface area contributed by atoms with E-state index in [1.807, 2.05) is 6.07 Å². The van der Waals surface area contributed by atoms with Crippen molar-refractivity contribution in [1.29, 1.82) is 0 Å². The van der Waals surface area contributed by atoms with Crippen molar-refractivity contribution < 1.29 is 19.1 Å². The first-order chi connectivity index (χ1) is 13.0. The predicted molar refractivity (Wildman–Crippen MR) is 103 cm³/mol. The molecular weight excluding hydrogens is 346 g/mol. The predicted octanol–water partition coefficient (Wildman–Crippen LogP) is 1.96. The summed E-state index contributed by atoms with van der Waals surface area (Å²) >= 11 is 0. The Hall–Kier alpha value is -3.09. The lowest BCUT2D eigenvalue weighted by Crippen LogP contribution is -2.43. The molecule has 2 amide bonds. The number of ether oxygens (including phenoxy) is 1. The van der Waals surface area contributed by atoms with Crippen molar-refractivity contribution in [3.63, 3.8) is 0 Å². The third kappa shape index (κ3) is 3.86. The first-order valence-electron chi connectivity index (χ1n) is 8.93. The van der Waals surface area contributed by atoms with Gasteiger partial charge in [-0.3, -0.25) is 9.59 Å². The summed E-state index contributed by atoms with van der Waals surface area (Å²) in [5.74, 6) is -0.986. The Morgan fingerprint density at radius 1 is 1.30 bits per heavy atom. The minimum absolute atomic E-state index is 0.0508. The molecule has 0 radical (unpaired) electrons. The smallest absolute Gasteiger partial charge is 0.338 e. The van der Waals surface area contributed by atoms with Gasteiger partial charge in [-0.05, 0) is 31.0 Å². The number of nitrogens with zero attached hydrogens (tertiary/aromatic N) is 2. The molecule has 0 aliphatic carbocycles. The van der Waals surface area contributed by atoms with Crippen LogP contribution in [0.4, 0.5) is 11.4 Å². The van der Waals surface area contributed by atoms with Crippen LogP contribution in [-0.4, -0.2) is 55.0 Å². The van der Waals surface area contributed by atoms with Crippen LogP contribution >= 0.6 is 0 Å². The van der Waals surface area contributed by atoms with Crippen LogP contribution < -0.4 is 10.2 Å². The average molecular weight is 369 g/mol. The van der Waals surface area contributed by atoms with Gasteiger partial charge in [-0.1, -0.05) is 12.2 Å². The zero-order valence-electron chi connectivity index (χ0n) is 15.1. The zero-order chi connectivity index (χ0) is 19.4. The van der Waals surface area contributed by atoms with Crippen LogP contribution in [0.1, 0.15) is 23.2 Å². The minimum atomic E-state index is -0.610. The van der Waals surface area contributed by atoms with Crippen molar-refractivity contribution in [3.8, 4) is 0 Å². The summed E-state index contributed by atoms with van der Waals surface area (Å²) in [4.78, 5) is 40.2. The van der Waals surface area contributed by atoms with E-state index in [1.54, 1.807) is 24.3 Å². The second-order valence-corrected chi connectivity index (χ2v) is 6.52. The number of nitrogens with one attached hydrogen (secondary N) is 1. The lowest BCUT2D eigenvalue weighted by molar-refractivity contribution is -0.133. The molecule has 1 N–H and O–H groups in total. The third-order valence-electron chi connectivity index (χ3n) is 4.73. The molecule has 1 saturated heterocycles. The average Bonchev–Trinajstić information content (AvgIpc) is 3.16. The van der Waals surface area contributed by atoms with Gasteiger partial charge in [0.15, 0.2) is 6.61 Å². The number of rotatable bonds is 7. The summed E-state index contributed by atoms with van der Waals surface area (Å²) in [6, 6.07) is 4.94. The van der Waals surface area contributed by atoms with E-state index in [0.717, 1.165) is 25.1 Å². The van der Waals surface area contributed by atoms with Gasteiger partial charge >= 0.3 is 5.97 Å². The van der Waals surface area contributed by atoms with Gasteiger partial charge in [-0.15, -0.1) is 13.2 Å². The second kappa shape index (κ2) is 8.07. The Balaban J connectivity index is 1.67. The van der Waals surface area contributed by atoms with E-state index in [1.165, 1.54) is 4.90 Å². The summed E-state index contributed by atoms with van der Waals surface area (Å²) in [6.45, 7) is 8.37. The number of amides is 2. The Labute approximate surface area is 158 Å². The SMILES string of the molecule is C=CCN(CC=C)C(=O)COC(=O)c1ccc2c(c1)NC(=O)[C@H]1CCCN21. The second-order valence-electron chi connectivity index (χ2n) is 6.52. The van der Waals surface area contributed by atoms with Crippen LogP contribution in [-0.2, 0) is 14.3 Å². The molecule has 0 bridgehead atoms. The van der Waals surface area contributed by atoms with Crippen LogP contribution in [0, 0.1) is 0 Å². The molecule has 1 fully saturated rings. The minimum Gasteiger partial charge on any atom is -0.452 e. The quantitative estimate of drug-likeness (QED) is 0.587. The summed E-state index contributed by atoms with van der Waals surface area (Å²) in [6.07, 6.45) is 5.00. The molecule has 3 rings (SSSR count). The van der Waals surface area contributed by atoms with Crippen LogP contribution in [0.15, 0.2) is 43.5 Å². The van der Waals surface area contributed by atoms with Crippen molar-refractivity contribution in [2.24, 2.45) is 0 Å². The highest BCUT2D eigenvalue weighted by Crippen LogP contribution is 2.37. The number of anilines is 2. The maximum atomic E-state index is 12.3. The lowest BCUT2D eigenvalue weighted by Gasteiger charge is -2.33. The molecule has 0 spiro atoms. The zero-order valence-corrected chi connectivity index (χ0v) is 15.1. The maximum absolute atomic E-state index is 12.3. The number of hydrogen-bond donors (Lipinski definition) is 1. The fourth-order valence-corrected chi connectivity index (χ4v) is 3.45. The summed E-state index contributed by atoms with van der Waals surface area (Å²) in [7, 11) is 0. The summed E-state index contributed by atoms with van der Waals surface area (Å²) in [5, 5.41) is 2.86. The van der Waals surface area contributed by atoms with E-state index in [0.29, 0.717) is 24.3 Å². The van der Waals surface area contributed by atoms with E-state index in [4.69, 9.17) is 4.74 Å². The number of carbonyl (C=O) groups is 3. The molecule has 142 valence electrons. The van der Waals surface area contributed by atoms with E-state index in [-0.39, 0.29) is 24.5 Å². The van der Waals surface area contributed by atoms with E-state index in [2.05, 4.69) is 23.4 Å². The van der Waals surface area contributed by atoms with Crippen molar-refractivity contribution >= 4 is 29.2 Å². The van der Waals surface area contributed by atoms with E-state index in [9.17, 15) is 14.4 Å². The van der Waals surface area contributed by atoms with Crippen LogP contribution in [0.25, 0.3) is 0 Å². The van der Waals surface area contributed by atoms with Crippen LogP contribution in [0.2, 0.25) is 0 Å². The Kier molecular flexibility index (Phi) is 5.59. The summed E-state index contributed by atoms with van der Waals surface area (Å²) in [5.41, 5.74) is 1.80. The Morgan fingerprint density at radius 2 is 2.04 bits per heavy atom. The summed E-state index contributed by atoms with van der Waals surface area (Å²) < 4.78 is 5.14. The van der Waals surface area contributed by atoms with Gasteiger partial charge in [0.25, 0.3) is 5.91 Å². The maximum Gasteiger partial charge on any atom is 0.338 e. The number of hydrogen-bond acceptors (Lipinski definition) is 5. The molecular formula is C20H23N3O4. The van der Waals surface area contributed by atoms with Crippen molar-refractivity contribution in [3.05, 3.63) is 49.1 Å². The van der Waals surface area contributed by atoms with Gasteiger partial charge < -0.3 is 19.9 Å². The van der Waals surface area contributed by atoms with Gasteiger partial charge in [0, 0.05) is 19.6 Å². The fraction of sp³-hybridized carbons (Fsp3) is 0.350. The third-order valence-corrected chi connectivity index (χ3v) is 4.73. The molecule has 2 aliphatic heterocycles. The monoisotopic (exact) mass is 369 g/mol. The normalized spacial score (nSPS) is 17.4. The molecule has 0 unspecified atom stereocenters. The molecule has 27 heavy (non-hydrogen) atoms. The Bertz CT molecular complexity index is 779. The fourth-order valence-electron chi connectivity index (χ4n) is 3.45. The van der Waals surface area contributed by atoms with Crippen LogP contribution in [0.5, 0.6) is 0 Å². The van der Waals surface area contributed by atoms with Gasteiger partial charge in [-0.25, -0.2) is 4.79 Å². The topological polar surface area (TPSA) is 79.0 Å². The highest BCUT2D eigenvalue weighted by molar-refractivity contribution is 6.05. The molecule has 2 heterocycles. The molecule has 7 heteroatoms. The highest BCUT2D eigenvalue weighted by Gasteiger charge is 2.36. The molecule has 0 saturated carbocycles. The van der Waals surface area contributed by atoms with Crippen LogP contribution in [0.3, 0.4) is 0 Å². The molecule has 1 aromatic carbocycles. The lowest BCUT2D eigenvalue weighted by atomic mass is 10.1. The van der Waals surface area contributed by atoms with Gasteiger partial charge in [0.05, 0.1) is 16.9 Å². The first-order valence-corrected chi connectivity index (χ1v) is 8.93. The van der Waals surface area contributed by atoms with Crippen molar-refractivity contribution in [2.45, 2.75) is 18.9 Å². The Morgan fingerprint density at radius 3 is 2.74 bits per heavy atom. The van der Waals surface area contributed by atoms with E-state index < -0.39 is 5.97 Å². The van der Waals surface area contributed by atoms with Crippen molar-refractivity contribution in [1.82, 2.24) is 4.90 Å². The first kappa shape index (κ1) is 18.7. The molecule has 7 nitrogen and oxygen atoms in total. The molecule has 1 aromatic rings. The number of benzene rings is 1. The van der Waals surface area contributed by atoms with Gasteiger partial charge in [-0.2, -0.15) is 0 Å². The van der Waals surface area contributed by atoms with E-state index >= 15 is 0 Å². The molecule has 1 atom stereocenters. The highest BCUT2D eigenvalue weighted by atomic mass is 16.5. The van der Waals surface area contributed by atoms with Gasteiger partial charge in [0.1, 0.15) is 6.04 Å². The molecule has 2 aliphatic rings. The van der Waals surface area contributed by atoms with Gasteiger partial charge in [0.2, 0.25) is 5.91 Å². The number of esters is 1. The number of fused-ring (bicyclic) bond motifs is 3. The number of carbonyl (C=O) groups excluding carboxylic acids is 3. The molecule has 0 aromatic heterocycles. The van der Waals surface area contributed by atoms with Crippen molar-refractivity contribution in [2.75, 3.05) is 36.5 Å².